The molecular formula is C13H21N. The third-order valence-corrected chi connectivity index (χ3v) is 2.57. The number of rotatable bonds is 4. The lowest BCUT2D eigenvalue weighted by Crippen LogP contribution is -2.12. The van der Waals surface area contributed by atoms with E-state index in [-0.39, 0.29) is 0 Å². The molecule has 0 atom stereocenters. The fraction of sp³-hybridized carbons (Fsp3) is 0.538. The standard InChI is InChI=1S/C13H21N/c1-5-6-9-12-10-7-8-11(2)13(12)14(3)4/h7-8,10H,5-6,9H2,1-4H3. The van der Waals surface area contributed by atoms with Gasteiger partial charge in [-0.1, -0.05) is 31.5 Å². The zero-order valence-corrected chi connectivity index (χ0v) is 9.80. The first-order valence-electron chi connectivity index (χ1n) is 5.42. The molecule has 0 spiro atoms. The van der Waals surface area contributed by atoms with E-state index in [4.69, 9.17) is 0 Å². The zero-order valence-electron chi connectivity index (χ0n) is 9.80. The van der Waals surface area contributed by atoms with Gasteiger partial charge in [-0.05, 0) is 30.9 Å². The first-order valence-corrected chi connectivity index (χ1v) is 5.42. The number of aryl methyl sites for hydroxylation is 2. The van der Waals surface area contributed by atoms with E-state index >= 15 is 0 Å². The van der Waals surface area contributed by atoms with Gasteiger partial charge in [0.15, 0.2) is 0 Å². The van der Waals surface area contributed by atoms with E-state index in [9.17, 15) is 0 Å². The Kier molecular flexibility index (Phi) is 3.99. The van der Waals surface area contributed by atoms with Crippen LogP contribution in [0.2, 0.25) is 0 Å². The van der Waals surface area contributed by atoms with Crippen LogP contribution < -0.4 is 4.90 Å². The Morgan fingerprint density at radius 2 is 1.93 bits per heavy atom. The molecule has 14 heavy (non-hydrogen) atoms. The van der Waals surface area contributed by atoms with Gasteiger partial charge in [0.1, 0.15) is 0 Å². The third kappa shape index (κ3) is 2.50. The first kappa shape index (κ1) is 11.1. The maximum absolute atomic E-state index is 2.25. The lowest BCUT2D eigenvalue weighted by atomic mass is 10.0. The largest absolute Gasteiger partial charge is 0.377 e. The second-order valence-corrected chi connectivity index (χ2v) is 4.08. The van der Waals surface area contributed by atoms with Crippen molar-refractivity contribution in [2.75, 3.05) is 19.0 Å². The summed E-state index contributed by atoms with van der Waals surface area (Å²) < 4.78 is 0. The van der Waals surface area contributed by atoms with Crippen molar-refractivity contribution in [3.8, 4) is 0 Å². The number of hydrogen-bond acceptors (Lipinski definition) is 1. The van der Waals surface area contributed by atoms with Crippen molar-refractivity contribution in [3.63, 3.8) is 0 Å². The molecule has 0 bridgehead atoms. The number of para-hydroxylation sites is 1. The van der Waals surface area contributed by atoms with Crippen LogP contribution in [0.3, 0.4) is 0 Å². The summed E-state index contributed by atoms with van der Waals surface area (Å²) in [7, 11) is 4.25. The van der Waals surface area contributed by atoms with Gasteiger partial charge in [-0.3, -0.25) is 0 Å². The average Bonchev–Trinajstić information content (AvgIpc) is 2.14. The highest BCUT2D eigenvalue weighted by Gasteiger charge is 2.06. The minimum absolute atomic E-state index is 1.20. The lowest BCUT2D eigenvalue weighted by Gasteiger charge is -2.20. The summed E-state index contributed by atoms with van der Waals surface area (Å²) in [5.41, 5.74) is 4.27. The summed E-state index contributed by atoms with van der Waals surface area (Å²) in [5, 5.41) is 0. The topological polar surface area (TPSA) is 3.24 Å². The van der Waals surface area contributed by atoms with Gasteiger partial charge < -0.3 is 4.90 Å². The van der Waals surface area contributed by atoms with Gasteiger partial charge in [0, 0.05) is 19.8 Å². The Labute approximate surface area is 87.7 Å². The van der Waals surface area contributed by atoms with Crippen molar-refractivity contribution >= 4 is 5.69 Å². The Morgan fingerprint density at radius 1 is 1.21 bits per heavy atom. The Hall–Kier alpha value is -0.980. The highest BCUT2D eigenvalue weighted by molar-refractivity contribution is 5.58. The molecule has 1 heteroatoms. The summed E-state index contributed by atoms with van der Waals surface area (Å²) in [6, 6.07) is 6.59. The maximum Gasteiger partial charge on any atom is 0.0423 e. The van der Waals surface area contributed by atoms with Crippen molar-refractivity contribution in [3.05, 3.63) is 29.3 Å². The van der Waals surface area contributed by atoms with Gasteiger partial charge in [-0.25, -0.2) is 0 Å². The SMILES string of the molecule is CCCCc1cccc(C)c1N(C)C. The molecule has 0 aliphatic rings. The van der Waals surface area contributed by atoms with Gasteiger partial charge in [0.05, 0.1) is 0 Å². The molecule has 1 rings (SSSR count). The zero-order chi connectivity index (χ0) is 10.6. The van der Waals surface area contributed by atoms with Gasteiger partial charge in [0.2, 0.25) is 0 Å². The van der Waals surface area contributed by atoms with E-state index in [1.807, 2.05) is 0 Å². The van der Waals surface area contributed by atoms with Crippen LogP contribution in [0.1, 0.15) is 30.9 Å². The highest BCUT2D eigenvalue weighted by Crippen LogP contribution is 2.24. The summed E-state index contributed by atoms with van der Waals surface area (Å²) in [5.74, 6) is 0. The van der Waals surface area contributed by atoms with Crippen LogP contribution in [-0.4, -0.2) is 14.1 Å². The van der Waals surface area contributed by atoms with Gasteiger partial charge in [-0.15, -0.1) is 0 Å². The number of hydrogen-bond donors (Lipinski definition) is 0. The van der Waals surface area contributed by atoms with Crippen LogP contribution in [-0.2, 0) is 6.42 Å². The maximum atomic E-state index is 2.25. The van der Waals surface area contributed by atoms with E-state index in [0.29, 0.717) is 0 Å². The second kappa shape index (κ2) is 5.04. The normalized spacial score (nSPS) is 10.3. The van der Waals surface area contributed by atoms with E-state index in [1.165, 1.54) is 36.1 Å². The Morgan fingerprint density at radius 3 is 2.50 bits per heavy atom. The number of nitrogens with zero attached hydrogens (tertiary/aromatic N) is 1. The monoisotopic (exact) mass is 191 g/mol. The van der Waals surface area contributed by atoms with Crippen molar-refractivity contribution in [2.24, 2.45) is 0 Å². The molecule has 0 saturated carbocycles. The smallest absolute Gasteiger partial charge is 0.0423 e. The summed E-state index contributed by atoms with van der Waals surface area (Å²) in [4.78, 5) is 2.22. The molecule has 1 aromatic carbocycles. The van der Waals surface area contributed by atoms with Crippen molar-refractivity contribution in [1.29, 1.82) is 0 Å². The molecule has 0 heterocycles. The number of benzene rings is 1. The fourth-order valence-corrected chi connectivity index (χ4v) is 1.93. The Balaban J connectivity index is 2.96. The quantitative estimate of drug-likeness (QED) is 0.705. The second-order valence-electron chi connectivity index (χ2n) is 4.08. The fourth-order valence-electron chi connectivity index (χ4n) is 1.93. The average molecular weight is 191 g/mol. The molecule has 78 valence electrons. The molecule has 1 aromatic rings. The molecule has 0 aliphatic heterocycles. The molecule has 0 aromatic heterocycles. The molecule has 0 fully saturated rings. The molecule has 0 amide bonds. The minimum Gasteiger partial charge on any atom is -0.377 e. The van der Waals surface area contributed by atoms with Crippen LogP contribution in [0.25, 0.3) is 0 Å². The van der Waals surface area contributed by atoms with Crippen LogP contribution in [0.5, 0.6) is 0 Å². The number of unbranched alkanes of at least 4 members (excludes halogenated alkanes) is 1. The van der Waals surface area contributed by atoms with Crippen LogP contribution in [0.4, 0.5) is 5.69 Å². The van der Waals surface area contributed by atoms with E-state index < -0.39 is 0 Å². The Bertz CT molecular complexity index is 289. The molecule has 0 unspecified atom stereocenters. The summed E-state index contributed by atoms with van der Waals surface area (Å²) >= 11 is 0. The van der Waals surface area contributed by atoms with Crippen molar-refractivity contribution in [2.45, 2.75) is 33.1 Å². The summed E-state index contributed by atoms with van der Waals surface area (Å²) in [6.07, 6.45) is 3.75. The number of anilines is 1. The highest BCUT2D eigenvalue weighted by atomic mass is 15.1. The molecule has 0 saturated heterocycles. The van der Waals surface area contributed by atoms with Crippen molar-refractivity contribution in [1.82, 2.24) is 0 Å². The van der Waals surface area contributed by atoms with Crippen LogP contribution in [0.15, 0.2) is 18.2 Å². The van der Waals surface area contributed by atoms with Gasteiger partial charge in [0.25, 0.3) is 0 Å². The van der Waals surface area contributed by atoms with E-state index in [2.05, 4.69) is 51.0 Å². The first-order chi connectivity index (χ1) is 6.66. The van der Waals surface area contributed by atoms with Crippen LogP contribution >= 0.6 is 0 Å². The van der Waals surface area contributed by atoms with Crippen LogP contribution in [0, 0.1) is 6.92 Å². The van der Waals surface area contributed by atoms with Crippen molar-refractivity contribution < 1.29 is 0 Å². The lowest BCUT2D eigenvalue weighted by molar-refractivity contribution is 0.792. The van der Waals surface area contributed by atoms with E-state index in [0.717, 1.165) is 0 Å². The molecular weight excluding hydrogens is 170 g/mol. The van der Waals surface area contributed by atoms with Gasteiger partial charge >= 0.3 is 0 Å². The third-order valence-electron chi connectivity index (χ3n) is 2.57. The van der Waals surface area contributed by atoms with E-state index in [1.54, 1.807) is 0 Å². The summed E-state index contributed by atoms with van der Waals surface area (Å²) in [6.45, 7) is 4.43. The molecule has 1 nitrogen and oxygen atoms in total. The predicted molar refractivity (Wildman–Crippen MR) is 64.1 cm³/mol. The molecule has 0 aliphatic carbocycles. The minimum atomic E-state index is 1.20. The predicted octanol–water partition coefficient (Wildman–Crippen LogP) is 3.40. The molecule has 0 N–H and O–H groups in total. The molecule has 0 radical (unpaired) electrons. The van der Waals surface area contributed by atoms with Gasteiger partial charge in [-0.2, -0.15) is 0 Å².